The summed E-state index contributed by atoms with van der Waals surface area (Å²) in [5.74, 6) is -0.312. The van der Waals surface area contributed by atoms with Gasteiger partial charge in [0, 0.05) is 13.6 Å². The van der Waals surface area contributed by atoms with Crippen LogP contribution in [0.1, 0.15) is 24.5 Å². The average molecular weight is 199 g/mol. The van der Waals surface area contributed by atoms with E-state index < -0.39 is 5.97 Å². The number of esters is 1. The van der Waals surface area contributed by atoms with Crippen molar-refractivity contribution in [1.82, 2.24) is 10.1 Å². The maximum Gasteiger partial charge on any atom is 0.397 e. The van der Waals surface area contributed by atoms with Crippen molar-refractivity contribution in [2.75, 3.05) is 25.1 Å². The SMILES string of the molecule is CCOC(=O)c1nc(N(C)CC)no1. The van der Waals surface area contributed by atoms with E-state index in [1.54, 1.807) is 18.9 Å². The van der Waals surface area contributed by atoms with Gasteiger partial charge in [0.2, 0.25) is 0 Å². The summed E-state index contributed by atoms with van der Waals surface area (Å²) in [4.78, 5) is 16.8. The van der Waals surface area contributed by atoms with Crippen molar-refractivity contribution in [1.29, 1.82) is 0 Å². The number of hydrogen-bond donors (Lipinski definition) is 0. The van der Waals surface area contributed by atoms with E-state index in [0.717, 1.165) is 6.54 Å². The highest BCUT2D eigenvalue weighted by molar-refractivity contribution is 5.84. The molecule has 1 aromatic rings. The summed E-state index contributed by atoms with van der Waals surface area (Å²) >= 11 is 0. The highest BCUT2D eigenvalue weighted by Crippen LogP contribution is 2.07. The second kappa shape index (κ2) is 4.59. The molecule has 0 fully saturated rings. The van der Waals surface area contributed by atoms with Crippen LogP contribution in [0.5, 0.6) is 0 Å². The van der Waals surface area contributed by atoms with Crippen LogP contribution in [0.15, 0.2) is 4.52 Å². The molecule has 0 spiro atoms. The van der Waals surface area contributed by atoms with Crippen LogP contribution in [0.3, 0.4) is 0 Å². The van der Waals surface area contributed by atoms with Gasteiger partial charge in [-0.1, -0.05) is 0 Å². The van der Waals surface area contributed by atoms with Crippen LogP contribution >= 0.6 is 0 Å². The van der Waals surface area contributed by atoms with Gasteiger partial charge in [-0.2, -0.15) is 4.98 Å². The Morgan fingerprint density at radius 1 is 1.57 bits per heavy atom. The zero-order chi connectivity index (χ0) is 10.6. The first-order valence-electron chi connectivity index (χ1n) is 4.41. The fraction of sp³-hybridized carbons (Fsp3) is 0.625. The molecule has 0 N–H and O–H groups in total. The molecule has 0 atom stereocenters. The normalized spacial score (nSPS) is 9.93. The lowest BCUT2D eigenvalue weighted by molar-refractivity contribution is 0.0470. The Bertz CT molecular complexity index is 311. The lowest BCUT2D eigenvalue weighted by Crippen LogP contribution is -2.17. The second-order valence-corrected chi connectivity index (χ2v) is 2.63. The molecule has 0 bridgehead atoms. The molecule has 6 nitrogen and oxygen atoms in total. The number of carbonyl (C=O) groups is 1. The number of ether oxygens (including phenoxy) is 1. The summed E-state index contributed by atoms with van der Waals surface area (Å²) in [7, 11) is 1.81. The number of anilines is 1. The molecule has 0 aliphatic carbocycles. The van der Waals surface area contributed by atoms with Crippen LogP contribution in [0.25, 0.3) is 0 Å². The Labute approximate surface area is 81.8 Å². The fourth-order valence-electron chi connectivity index (χ4n) is 0.788. The third-order valence-corrected chi connectivity index (χ3v) is 1.68. The van der Waals surface area contributed by atoms with E-state index in [1.165, 1.54) is 0 Å². The third-order valence-electron chi connectivity index (χ3n) is 1.68. The summed E-state index contributed by atoms with van der Waals surface area (Å²) in [6.45, 7) is 4.69. The Balaban J connectivity index is 2.72. The van der Waals surface area contributed by atoms with Gasteiger partial charge in [0.05, 0.1) is 6.61 Å². The van der Waals surface area contributed by atoms with Crippen LogP contribution < -0.4 is 4.90 Å². The Kier molecular flexibility index (Phi) is 3.44. The van der Waals surface area contributed by atoms with Crippen LogP contribution in [0.4, 0.5) is 5.95 Å². The minimum absolute atomic E-state index is 0.109. The van der Waals surface area contributed by atoms with Gasteiger partial charge >= 0.3 is 11.9 Å². The minimum atomic E-state index is -0.587. The Morgan fingerprint density at radius 3 is 2.86 bits per heavy atom. The number of nitrogens with zero attached hydrogens (tertiary/aromatic N) is 3. The van der Waals surface area contributed by atoms with Crippen molar-refractivity contribution >= 4 is 11.9 Å². The molecule has 1 rings (SSSR count). The molecule has 0 aliphatic heterocycles. The average Bonchev–Trinajstić information content (AvgIpc) is 2.66. The topological polar surface area (TPSA) is 68.5 Å². The zero-order valence-electron chi connectivity index (χ0n) is 8.48. The first kappa shape index (κ1) is 10.5. The van der Waals surface area contributed by atoms with Crippen molar-refractivity contribution in [3.05, 3.63) is 5.89 Å². The van der Waals surface area contributed by atoms with Crippen molar-refractivity contribution in [2.24, 2.45) is 0 Å². The molecule has 0 saturated heterocycles. The molecular formula is C8H13N3O3. The van der Waals surface area contributed by atoms with E-state index in [-0.39, 0.29) is 5.89 Å². The van der Waals surface area contributed by atoms with Gasteiger partial charge in [-0.3, -0.25) is 0 Å². The van der Waals surface area contributed by atoms with E-state index in [4.69, 9.17) is 9.26 Å². The van der Waals surface area contributed by atoms with E-state index in [1.807, 2.05) is 6.92 Å². The van der Waals surface area contributed by atoms with Gasteiger partial charge in [0.25, 0.3) is 5.95 Å². The van der Waals surface area contributed by atoms with Crippen LogP contribution in [-0.4, -0.2) is 36.3 Å². The predicted molar refractivity (Wildman–Crippen MR) is 49.2 cm³/mol. The highest BCUT2D eigenvalue weighted by atomic mass is 16.6. The highest BCUT2D eigenvalue weighted by Gasteiger charge is 2.17. The molecule has 0 aliphatic rings. The van der Waals surface area contributed by atoms with Crippen molar-refractivity contribution < 1.29 is 14.1 Å². The van der Waals surface area contributed by atoms with Gasteiger partial charge in [-0.25, -0.2) is 4.79 Å². The van der Waals surface area contributed by atoms with E-state index >= 15 is 0 Å². The zero-order valence-corrected chi connectivity index (χ0v) is 8.48. The summed E-state index contributed by atoms with van der Waals surface area (Å²) < 4.78 is 9.43. The second-order valence-electron chi connectivity index (χ2n) is 2.63. The molecule has 1 heterocycles. The molecule has 14 heavy (non-hydrogen) atoms. The minimum Gasteiger partial charge on any atom is -0.459 e. The van der Waals surface area contributed by atoms with Crippen LogP contribution in [0, 0.1) is 0 Å². The molecule has 78 valence electrons. The van der Waals surface area contributed by atoms with Gasteiger partial charge in [-0.15, -0.1) is 0 Å². The maximum atomic E-state index is 11.1. The summed E-state index contributed by atoms with van der Waals surface area (Å²) in [5, 5.41) is 3.63. The smallest absolute Gasteiger partial charge is 0.397 e. The molecule has 0 aromatic carbocycles. The van der Waals surface area contributed by atoms with Crippen molar-refractivity contribution in [2.45, 2.75) is 13.8 Å². The fourth-order valence-corrected chi connectivity index (χ4v) is 0.788. The molecular weight excluding hydrogens is 186 g/mol. The standard InChI is InChI=1S/C8H13N3O3/c1-4-11(3)8-9-6(14-10-8)7(12)13-5-2/h4-5H2,1-3H3. The molecule has 0 saturated carbocycles. The number of carbonyl (C=O) groups excluding carboxylic acids is 1. The number of aromatic nitrogens is 2. The van der Waals surface area contributed by atoms with Crippen molar-refractivity contribution in [3.63, 3.8) is 0 Å². The number of rotatable bonds is 4. The largest absolute Gasteiger partial charge is 0.459 e. The monoisotopic (exact) mass is 199 g/mol. The predicted octanol–water partition coefficient (Wildman–Crippen LogP) is 0.702. The van der Waals surface area contributed by atoms with E-state index in [0.29, 0.717) is 12.6 Å². The quantitative estimate of drug-likeness (QED) is 0.665. The lowest BCUT2D eigenvalue weighted by Gasteiger charge is -2.08. The Hall–Kier alpha value is -1.59. The molecule has 0 radical (unpaired) electrons. The van der Waals surface area contributed by atoms with E-state index in [9.17, 15) is 4.79 Å². The summed E-state index contributed by atoms with van der Waals surface area (Å²) in [5.41, 5.74) is 0. The Morgan fingerprint density at radius 2 is 2.29 bits per heavy atom. The van der Waals surface area contributed by atoms with Gasteiger partial charge in [0.15, 0.2) is 0 Å². The summed E-state index contributed by atoms with van der Waals surface area (Å²) in [6.07, 6.45) is 0. The van der Waals surface area contributed by atoms with E-state index in [2.05, 4.69) is 10.1 Å². The molecule has 1 aromatic heterocycles. The summed E-state index contributed by atoms with van der Waals surface area (Å²) in [6, 6.07) is 0. The maximum absolute atomic E-state index is 11.1. The molecule has 0 unspecified atom stereocenters. The van der Waals surface area contributed by atoms with Gasteiger partial charge < -0.3 is 14.2 Å². The third kappa shape index (κ3) is 2.21. The van der Waals surface area contributed by atoms with Crippen molar-refractivity contribution in [3.8, 4) is 0 Å². The first-order chi connectivity index (χ1) is 6.69. The van der Waals surface area contributed by atoms with Crippen LogP contribution in [0.2, 0.25) is 0 Å². The van der Waals surface area contributed by atoms with Gasteiger partial charge in [-0.05, 0) is 19.0 Å². The molecule has 6 heteroatoms. The number of hydrogen-bond acceptors (Lipinski definition) is 6. The van der Waals surface area contributed by atoms with Crippen LogP contribution in [-0.2, 0) is 4.74 Å². The lowest BCUT2D eigenvalue weighted by atomic mass is 10.6. The van der Waals surface area contributed by atoms with Gasteiger partial charge in [0.1, 0.15) is 0 Å². The molecule has 0 amide bonds. The first-order valence-corrected chi connectivity index (χ1v) is 4.41.